The van der Waals surface area contributed by atoms with E-state index in [9.17, 15) is 9.59 Å². The lowest BCUT2D eigenvalue weighted by atomic mass is 9.99. The lowest BCUT2D eigenvalue weighted by molar-refractivity contribution is -0.144. The highest BCUT2D eigenvalue weighted by molar-refractivity contribution is 6.08. The molecule has 5 heteroatoms. The van der Waals surface area contributed by atoms with Gasteiger partial charge in [-0.2, -0.15) is 0 Å². The molecular formula is C18H18N2O3. The standard InChI is InChI=1S/C18H18N2O3/c1-11(21)20-16(18(22)23-2)9-13-10-19-15-8-7-12-5-3-4-6-14(12)17(13)15/h3-8,10,16,19H,9H2,1-2H3,(H,20,21)/t16-/m0/s1. The molecule has 0 aliphatic rings. The van der Waals surface area contributed by atoms with Crippen LogP contribution in [0, 0.1) is 0 Å². The number of aromatic amines is 1. The average Bonchev–Trinajstić information content (AvgIpc) is 2.96. The summed E-state index contributed by atoms with van der Waals surface area (Å²) < 4.78 is 4.80. The van der Waals surface area contributed by atoms with Gasteiger partial charge in [-0.1, -0.05) is 30.3 Å². The molecule has 118 valence electrons. The third kappa shape index (κ3) is 2.90. The zero-order valence-electron chi connectivity index (χ0n) is 13.1. The van der Waals surface area contributed by atoms with Crippen molar-refractivity contribution in [2.75, 3.05) is 7.11 Å². The quantitative estimate of drug-likeness (QED) is 0.728. The van der Waals surface area contributed by atoms with Gasteiger partial charge in [-0.05, 0) is 22.4 Å². The molecule has 1 aromatic heterocycles. The smallest absolute Gasteiger partial charge is 0.328 e. The number of carbonyl (C=O) groups excluding carboxylic acids is 2. The van der Waals surface area contributed by atoms with E-state index in [-0.39, 0.29) is 5.91 Å². The van der Waals surface area contributed by atoms with Crippen LogP contribution in [0.15, 0.2) is 42.6 Å². The Kier molecular flexibility index (Phi) is 4.02. The highest BCUT2D eigenvalue weighted by atomic mass is 16.5. The van der Waals surface area contributed by atoms with Gasteiger partial charge in [0.25, 0.3) is 0 Å². The molecular weight excluding hydrogens is 292 g/mol. The van der Waals surface area contributed by atoms with Gasteiger partial charge in [0.2, 0.25) is 5.91 Å². The van der Waals surface area contributed by atoms with Crippen LogP contribution in [0.1, 0.15) is 12.5 Å². The second-order valence-electron chi connectivity index (χ2n) is 5.50. The van der Waals surface area contributed by atoms with Gasteiger partial charge in [-0.15, -0.1) is 0 Å². The number of hydrogen-bond acceptors (Lipinski definition) is 3. The van der Waals surface area contributed by atoms with E-state index in [4.69, 9.17) is 4.74 Å². The summed E-state index contributed by atoms with van der Waals surface area (Å²) >= 11 is 0. The number of hydrogen-bond donors (Lipinski definition) is 2. The first-order chi connectivity index (χ1) is 11.1. The fourth-order valence-electron chi connectivity index (χ4n) is 2.94. The van der Waals surface area contributed by atoms with Crippen LogP contribution in [0.4, 0.5) is 0 Å². The van der Waals surface area contributed by atoms with Crippen LogP contribution in [-0.2, 0) is 20.7 Å². The van der Waals surface area contributed by atoms with Crippen LogP contribution in [0.25, 0.3) is 21.7 Å². The molecule has 2 aromatic carbocycles. The highest BCUT2D eigenvalue weighted by Crippen LogP contribution is 2.28. The summed E-state index contributed by atoms with van der Waals surface area (Å²) in [6.45, 7) is 1.39. The summed E-state index contributed by atoms with van der Waals surface area (Å²) in [7, 11) is 1.32. The number of benzene rings is 2. The molecule has 23 heavy (non-hydrogen) atoms. The molecule has 0 unspecified atom stereocenters. The number of carbonyl (C=O) groups is 2. The maximum atomic E-state index is 11.9. The minimum absolute atomic E-state index is 0.259. The molecule has 0 aliphatic carbocycles. The molecule has 0 radical (unpaired) electrons. The summed E-state index contributed by atoms with van der Waals surface area (Å²) in [6.07, 6.45) is 2.26. The van der Waals surface area contributed by atoms with E-state index in [2.05, 4.69) is 28.5 Å². The minimum atomic E-state index is -0.699. The molecule has 0 bridgehead atoms. The molecule has 0 saturated carbocycles. The summed E-state index contributed by atoms with van der Waals surface area (Å²) in [5.41, 5.74) is 1.98. The number of H-pyrrole nitrogens is 1. The number of nitrogens with one attached hydrogen (secondary N) is 2. The zero-order valence-corrected chi connectivity index (χ0v) is 13.1. The molecule has 0 fully saturated rings. The van der Waals surface area contributed by atoms with Gasteiger partial charge in [-0.3, -0.25) is 4.79 Å². The third-order valence-corrected chi connectivity index (χ3v) is 3.94. The number of ether oxygens (including phenoxy) is 1. The third-order valence-electron chi connectivity index (χ3n) is 3.94. The molecule has 1 amide bonds. The molecule has 1 heterocycles. The Hall–Kier alpha value is -2.82. The van der Waals surface area contributed by atoms with Gasteiger partial charge >= 0.3 is 5.97 Å². The normalized spacial score (nSPS) is 12.3. The SMILES string of the molecule is COC(=O)[C@H](Cc1c[nH]c2ccc3ccccc3c12)NC(C)=O. The van der Waals surface area contributed by atoms with Crippen molar-refractivity contribution in [3.63, 3.8) is 0 Å². The van der Waals surface area contributed by atoms with Crippen molar-refractivity contribution < 1.29 is 14.3 Å². The van der Waals surface area contributed by atoms with Crippen LogP contribution in [0.2, 0.25) is 0 Å². The molecule has 0 saturated heterocycles. The van der Waals surface area contributed by atoms with Crippen LogP contribution < -0.4 is 5.32 Å². The minimum Gasteiger partial charge on any atom is -0.467 e. The molecule has 3 aromatic rings. The Balaban J connectivity index is 2.06. The first-order valence-corrected chi connectivity index (χ1v) is 7.43. The van der Waals surface area contributed by atoms with Crippen LogP contribution in [0.5, 0.6) is 0 Å². The Labute approximate surface area is 133 Å². The zero-order chi connectivity index (χ0) is 16.4. The Morgan fingerprint density at radius 3 is 2.74 bits per heavy atom. The van der Waals surface area contributed by atoms with Crippen molar-refractivity contribution in [1.82, 2.24) is 10.3 Å². The summed E-state index contributed by atoms with van der Waals surface area (Å²) in [6, 6.07) is 11.5. The lowest BCUT2D eigenvalue weighted by Crippen LogP contribution is -2.41. The van der Waals surface area contributed by atoms with Crippen molar-refractivity contribution in [1.29, 1.82) is 0 Å². The van der Waals surface area contributed by atoms with E-state index in [0.29, 0.717) is 6.42 Å². The number of fused-ring (bicyclic) bond motifs is 3. The molecule has 1 atom stereocenters. The van der Waals surface area contributed by atoms with Crippen molar-refractivity contribution in [3.8, 4) is 0 Å². The Bertz CT molecular complexity index is 882. The van der Waals surface area contributed by atoms with E-state index >= 15 is 0 Å². The van der Waals surface area contributed by atoms with Gasteiger partial charge < -0.3 is 15.0 Å². The number of methoxy groups -OCH3 is 1. The van der Waals surface area contributed by atoms with E-state index in [1.54, 1.807) is 0 Å². The fraction of sp³-hybridized carbons (Fsp3) is 0.222. The van der Waals surface area contributed by atoms with Crippen LogP contribution >= 0.6 is 0 Å². The lowest BCUT2D eigenvalue weighted by Gasteiger charge is -2.15. The van der Waals surface area contributed by atoms with Gasteiger partial charge in [0.05, 0.1) is 7.11 Å². The van der Waals surface area contributed by atoms with Crippen molar-refractivity contribution >= 4 is 33.6 Å². The summed E-state index contributed by atoms with van der Waals surface area (Å²) in [5.74, 6) is -0.708. The van der Waals surface area contributed by atoms with Crippen LogP contribution in [-0.4, -0.2) is 30.0 Å². The summed E-state index contributed by atoms with van der Waals surface area (Å²) in [4.78, 5) is 26.5. The monoisotopic (exact) mass is 310 g/mol. The van der Waals surface area contributed by atoms with E-state index in [1.165, 1.54) is 14.0 Å². The predicted octanol–water partition coefficient (Wildman–Crippen LogP) is 2.54. The maximum absolute atomic E-state index is 11.9. The topological polar surface area (TPSA) is 71.2 Å². The Morgan fingerprint density at radius 2 is 2.00 bits per heavy atom. The predicted molar refractivity (Wildman–Crippen MR) is 89.1 cm³/mol. The second-order valence-corrected chi connectivity index (χ2v) is 5.50. The molecule has 0 aliphatic heterocycles. The summed E-state index contributed by atoms with van der Waals surface area (Å²) in [5, 5.41) is 5.98. The molecule has 5 nitrogen and oxygen atoms in total. The first-order valence-electron chi connectivity index (χ1n) is 7.43. The van der Waals surface area contributed by atoms with Gasteiger partial charge in [0.15, 0.2) is 0 Å². The maximum Gasteiger partial charge on any atom is 0.328 e. The number of esters is 1. The fourth-order valence-corrected chi connectivity index (χ4v) is 2.94. The van der Waals surface area contributed by atoms with Gasteiger partial charge in [0.1, 0.15) is 6.04 Å². The van der Waals surface area contributed by atoms with Gasteiger partial charge in [0, 0.05) is 30.4 Å². The second kappa shape index (κ2) is 6.12. The van der Waals surface area contributed by atoms with E-state index < -0.39 is 12.0 Å². The van der Waals surface area contributed by atoms with E-state index in [1.807, 2.05) is 24.4 Å². The average molecular weight is 310 g/mol. The van der Waals surface area contributed by atoms with Crippen molar-refractivity contribution in [2.45, 2.75) is 19.4 Å². The number of amides is 1. The van der Waals surface area contributed by atoms with Crippen molar-refractivity contribution in [3.05, 3.63) is 48.2 Å². The van der Waals surface area contributed by atoms with Gasteiger partial charge in [-0.25, -0.2) is 4.79 Å². The highest BCUT2D eigenvalue weighted by Gasteiger charge is 2.22. The van der Waals surface area contributed by atoms with Crippen molar-refractivity contribution in [2.24, 2.45) is 0 Å². The Morgan fingerprint density at radius 1 is 1.22 bits per heavy atom. The molecule has 3 rings (SSSR count). The molecule has 0 spiro atoms. The first kappa shape index (κ1) is 15.1. The number of rotatable bonds is 4. The van der Waals surface area contributed by atoms with Crippen LogP contribution in [0.3, 0.4) is 0 Å². The largest absolute Gasteiger partial charge is 0.467 e. The number of aromatic nitrogens is 1. The molecule has 2 N–H and O–H groups in total. The van der Waals surface area contributed by atoms with E-state index in [0.717, 1.165) is 27.2 Å².